The zero-order valence-corrected chi connectivity index (χ0v) is 25.2. The third-order valence-electron chi connectivity index (χ3n) is 7.54. The number of sulfonamides is 1. The highest BCUT2D eigenvalue weighted by molar-refractivity contribution is 7.92. The average molecular weight is 596 g/mol. The Kier molecular flexibility index (Phi) is 10.5. The van der Waals surface area contributed by atoms with Crippen molar-refractivity contribution >= 4 is 39.1 Å². The first-order valence-corrected chi connectivity index (χ1v) is 16.3. The Hall–Kier alpha value is -3.36. The highest BCUT2D eigenvalue weighted by Gasteiger charge is 2.34. The van der Waals surface area contributed by atoms with E-state index in [9.17, 15) is 18.0 Å². The Morgan fingerprint density at radius 2 is 1.54 bits per heavy atom. The third-order valence-corrected chi connectivity index (χ3v) is 9.09. The number of carbonyl (C=O) groups excluding carboxylic acids is 2. The maximum atomic E-state index is 14.2. The van der Waals surface area contributed by atoms with E-state index in [4.69, 9.17) is 11.6 Å². The number of benzene rings is 3. The molecule has 0 aliphatic heterocycles. The molecule has 0 unspecified atom stereocenters. The van der Waals surface area contributed by atoms with Crippen molar-refractivity contribution in [2.24, 2.45) is 0 Å². The lowest BCUT2D eigenvalue weighted by molar-refractivity contribution is -0.140. The molecule has 41 heavy (non-hydrogen) atoms. The summed E-state index contributed by atoms with van der Waals surface area (Å²) in [5.41, 5.74) is 2.84. The molecule has 1 N–H and O–H groups in total. The molecule has 4 rings (SSSR count). The van der Waals surface area contributed by atoms with Crippen molar-refractivity contribution in [3.8, 4) is 0 Å². The standard InChI is InChI=1S/C32H38ClN3O4S/c1-24-18-19-28(21-29(24)33)36(41(2,39)40)23-31(37)35(22-26-14-8-4-9-15-26)30(20-25-12-6-3-7-13-25)32(38)34-27-16-10-5-11-17-27/h3-4,6-9,12-15,18-19,21,27,30H,5,10-11,16-17,20,22-23H2,1-2H3,(H,34,38)/t30-/m1/s1. The molecule has 1 atom stereocenters. The van der Waals surface area contributed by atoms with Gasteiger partial charge in [0.05, 0.1) is 11.9 Å². The van der Waals surface area contributed by atoms with Crippen molar-refractivity contribution in [3.05, 3.63) is 101 Å². The molecule has 3 aromatic rings. The smallest absolute Gasteiger partial charge is 0.244 e. The number of anilines is 1. The Morgan fingerprint density at radius 1 is 0.927 bits per heavy atom. The first-order valence-electron chi connectivity index (χ1n) is 14.0. The zero-order chi connectivity index (χ0) is 29.4. The molecule has 1 fully saturated rings. The molecule has 1 aliphatic rings. The van der Waals surface area contributed by atoms with Gasteiger partial charge in [-0.15, -0.1) is 0 Å². The van der Waals surface area contributed by atoms with Crippen LogP contribution in [0.5, 0.6) is 0 Å². The zero-order valence-electron chi connectivity index (χ0n) is 23.6. The number of nitrogens with zero attached hydrogens (tertiary/aromatic N) is 2. The fourth-order valence-corrected chi connectivity index (χ4v) is 6.25. The number of rotatable bonds is 11. The second kappa shape index (κ2) is 14.0. The van der Waals surface area contributed by atoms with Crippen LogP contribution in [-0.4, -0.2) is 50.0 Å². The van der Waals surface area contributed by atoms with E-state index in [0.29, 0.717) is 17.1 Å². The number of carbonyl (C=O) groups is 2. The summed E-state index contributed by atoms with van der Waals surface area (Å²) in [6, 6.07) is 23.1. The van der Waals surface area contributed by atoms with E-state index in [0.717, 1.165) is 59.4 Å². The summed E-state index contributed by atoms with van der Waals surface area (Å²) in [4.78, 5) is 29.6. The van der Waals surface area contributed by atoms with Crippen LogP contribution in [0.1, 0.15) is 48.8 Å². The van der Waals surface area contributed by atoms with Gasteiger partial charge in [-0.2, -0.15) is 0 Å². The maximum Gasteiger partial charge on any atom is 0.244 e. The minimum Gasteiger partial charge on any atom is -0.352 e. The number of halogens is 1. The number of nitrogens with one attached hydrogen (secondary N) is 1. The summed E-state index contributed by atoms with van der Waals surface area (Å²) in [6.45, 7) is 1.51. The molecule has 0 heterocycles. The molecule has 0 radical (unpaired) electrons. The van der Waals surface area contributed by atoms with E-state index >= 15 is 0 Å². The molecule has 1 aliphatic carbocycles. The Bertz CT molecular complexity index is 1430. The van der Waals surface area contributed by atoms with Gasteiger partial charge in [0, 0.05) is 24.0 Å². The van der Waals surface area contributed by atoms with Crippen molar-refractivity contribution in [2.45, 2.75) is 64.1 Å². The third kappa shape index (κ3) is 8.57. The van der Waals surface area contributed by atoms with Crippen molar-refractivity contribution in [1.29, 1.82) is 0 Å². The van der Waals surface area contributed by atoms with E-state index in [1.165, 1.54) is 4.90 Å². The molecule has 0 spiro atoms. The second-order valence-corrected chi connectivity index (χ2v) is 13.1. The van der Waals surface area contributed by atoms with Gasteiger partial charge >= 0.3 is 0 Å². The molecule has 0 bridgehead atoms. The highest BCUT2D eigenvalue weighted by atomic mass is 35.5. The van der Waals surface area contributed by atoms with Gasteiger partial charge in [-0.1, -0.05) is 97.6 Å². The molecular weight excluding hydrogens is 558 g/mol. The summed E-state index contributed by atoms with van der Waals surface area (Å²) in [5.74, 6) is -0.704. The van der Waals surface area contributed by atoms with Crippen molar-refractivity contribution in [3.63, 3.8) is 0 Å². The summed E-state index contributed by atoms with van der Waals surface area (Å²) in [5, 5.41) is 3.61. The predicted octanol–water partition coefficient (Wildman–Crippen LogP) is 5.50. The molecule has 9 heteroatoms. The number of hydrogen-bond donors (Lipinski definition) is 1. The number of aryl methyl sites for hydroxylation is 1. The minimum absolute atomic E-state index is 0.0606. The minimum atomic E-state index is -3.85. The van der Waals surface area contributed by atoms with Gasteiger partial charge in [-0.25, -0.2) is 8.42 Å². The van der Waals surface area contributed by atoms with E-state index < -0.39 is 28.5 Å². The first-order chi connectivity index (χ1) is 19.6. The van der Waals surface area contributed by atoms with Crippen LogP contribution in [0, 0.1) is 6.92 Å². The predicted molar refractivity (Wildman–Crippen MR) is 164 cm³/mol. The summed E-state index contributed by atoms with van der Waals surface area (Å²) < 4.78 is 26.9. The van der Waals surface area contributed by atoms with E-state index in [2.05, 4.69) is 5.32 Å². The molecule has 7 nitrogen and oxygen atoms in total. The van der Waals surface area contributed by atoms with Gasteiger partial charge in [0.2, 0.25) is 21.8 Å². The monoisotopic (exact) mass is 595 g/mol. The maximum absolute atomic E-state index is 14.2. The Morgan fingerprint density at radius 3 is 2.12 bits per heavy atom. The first kappa shape index (κ1) is 30.6. The Labute approximate surface area is 248 Å². The molecule has 3 aromatic carbocycles. The van der Waals surface area contributed by atoms with Gasteiger partial charge in [0.25, 0.3) is 0 Å². The highest BCUT2D eigenvalue weighted by Crippen LogP contribution is 2.26. The quantitative estimate of drug-likeness (QED) is 0.317. The van der Waals surface area contributed by atoms with Crippen LogP contribution in [0.2, 0.25) is 5.02 Å². The van der Waals surface area contributed by atoms with Crippen LogP contribution in [0.4, 0.5) is 5.69 Å². The fourth-order valence-electron chi connectivity index (χ4n) is 5.23. The van der Waals surface area contributed by atoms with Crippen LogP contribution in [0.3, 0.4) is 0 Å². The van der Waals surface area contributed by atoms with Gasteiger partial charge < -0.3 is 10.2 Å². The van der Waals surface area contributed by atoms with Crippen molar-refractivity contribution in [1.82, 2.24) is 10.2 Å². The SMILES string of the molecule is Cc1ccc(N(CC(=O)N(Cc2ccccc2)[C@H](Cc2ccccc2)C(=O)NC2CCCCC2)S(C)(=O)=O)cc1Cl. The van der Waals surface area contributed by atoms with Crippen molar-refractivity contribution in [2.75, 3.05) is 17.1 Å². The van der Waals surface area contributed by atoms with Gasteiger partial charge in [-0.3, -0.25) is 13.9 Å². The van der Waals surface area contributed by atoms with Crippen LogP contribution in [0.15, 0.2) is 78.9 Å². The lowest BCUT2D eigenvalue weighted by Crippen LogP contribution is -2.55. The molecule has 0 saturated heterocycles. The molecule has 218 valence electrons. The summed E-state index contributed by atoms with van der Waals surface area (Å²) in [6.07, 6.45) is 6.45. The number of hydrogen-bond acceptors (Lipinski definition) is 4. The lowest BCUT2D eigenvalue weighted by Gasteiger charge is -2.35. The van der Waals surface area contributed by atoms with Gasteiger partial charge in [0.1, 0.15) is 12.6 Å². The van der Waals surface area contributed by atoms with Crippen LogP contribution >= 0.6 is 11.6 Å². The lowest BCUT2D eigenvalue weighted by atomic mass is 9.94. The molecule has 1 saturated carbocycles. The van der Waals surface area contributed by atoms with E-state index in [-0.39, 0.29) is 18.5 Å². The molecule has 0 aromatic heterocycles. The summed E-state index contributed by atoms with van der Waals surface area (Å²) >= 11 is 6.32. The number of amides is 2. The average Bonchev–Trinajstić information content (AvgIpc) is 2.96. The van der Waals surface area contributed by atoms with Crippen LogP contribution in [-0.2, 0) is 32.6 Å². The van der Waals surface area contributed by atoms with Gasteiger partial charge in [-0.05, 0) is 48.6 Å². The van der Waals surface area contributed by atoms with Crippen LogP contribution in [0.25, 0.3) is 0 Å². The molecule has 2 amide bonds. The topological polar surface area (TPSA) is 86.8 Å². The van der Waals surface area contributed by atoms with Crippen molar-refractivity contribution < 1.29 is 18.0 Å². The van der Waals surface area contributed by atoms with Gasteiger partial charge in [0.15, 0.2) is 0 Å². The molecular formula is C32H38ClN3O4S. The Balaban J connectivity index is 1.71. The fraction of sp³-hybridized carbons (Fsp3) is 0.375. The van der Waals surface area contributed by atoms with E-state index in [1.54, 1.807) is 18.2 Å². The largest absolute Gasteiger partial charge is 0.352 e. The summed E-state index contributed by atoms with van der Waals surface area (Å²) in [7, 11) is -3.85. The normalized spacial score (nSPS) is 14.7. The van der Waals surface area contributed by atoms with Crippen LogP contribution < -0.4 is 9.62 Å². The van der Waals surface area contributed by atoms with E-state index in [1.807, 2.05) is 67.6 Å². The second-order valence-electron chi connectivity index (χ2n) is 10.8.